The maximum atomic E-state index is 11.5. The van der Waals surface area contributed by atoms with Gasteiger partial charge >= 0.3 is 6.03 Å². The van der Waals surface area contributed by atoms with Crippen LogP contribution in [0.1, 0.15) is 27.2 Å². The first-order valence-electron chi connectivity index (χ1n) is 5.04. The predicted octanol–water partition coefficient (Wildman–Crippen LogP) is 1.69. The highest BCUT2D eigenvalue weighted by atomic mass is 16.2. The second kappa shape index (κ2) is 3.99. The Labute approximate surface area is 80.5 Å². The lowest BCUT2D eigenvalue weighted by Gasteiger charge is -2.40. The Bertz CT molecular complexity index is 193. The lowest BCUT2D eigenvalue weighted by atomic mass is 9.86. The van der Waals surface area contributed by atoms with Crippen LogP contribution in [0.25, 0.3) is 0 Å². The first kappa shape index (κ1) is 10.4. The quantitative estimate of drug-likeness (QED) is 0.610. The largest absolute Gasteiger partial charge is 0.341 e. The number of hydrogen-bond acceptors (Lipinski definition) is 1. The van der Waals surface area contributed by atoms with Crippen LogP contribution in [0, 0.1) is 11.8 Å². The summed E-state index contributed by atoms with van der Waals surface area (Å²) < 4.78 is 0. The van der Waals surface area contributed by atoms with Crippen molar-refractivity contribution in [2.75, 3.05) is 13.6 Å². The van der Waals surface area contributed by atoms with Gasteiger partial charge in [0.25, 0.3) is 0 Å². The normalized spacial score (nSPS) is 34.5. The number of hydrogen-bond donors (Lipinski definition) is 1. The number of rotatable bonds is 0. The molecule has 76 valence electrons. The standard InChI is InChI=1S/C10H20N2O/c1-7-5-8(2)9(3)12(6-7)10(13)11-4/h7-9H,5-6H2,1-4H3,(H,11,13). The highest BCUT2D eigenvalue weighted by Gasteiger charge is 2.31. The molecule has 1 aliphatic rings. The number of nitrogens with zero attached hydrogens (tertiary/aromatic N) is 1. The van der Waals surface area contributed by atoms with E-state index in [9.17, 15) is 4.79 Å². The molecule has 0 radical (unpaired) electrons. The van der Waals surface area contributed by atoms with Crippen LogP contribution in [0.15, 0.2) is 0 Å². The summed E-state index contributed by atoms with van der Waals surface area (Å²) in [4.78, 5) is 13.4. The molecule has 3 atom stereocenters. The zero-order valence-electron chi connectivity index (χ0n) is 9.00. The van der Waals surface area contributed by atoms with Crippen LogP contribution in [0.4, 0.5) is 4.79 Å². The van der Waals surface area contributed by atoms with Crippen LogP contribution in [0.2, 0.25) is 0 Å². The van der Waals surface area contributed by atoms with Gasteiger partial charge in [0.2, 0.25) is 0 Å². The lowest BCUT2D eigenvalue weighted by molar-refractivity contribution is 0.103. The number of urea groups is 1. The first-order chi connectivity index (χ1) is 6.06. The molecular weight excluding hydrogens is 164 g/mol. The van der Waals surface area contributed by atoms with Gasteiger partial charge < -0.3 is 10.2 Å². The van der Waals surface area contributed by atoms with Gasteiger partial charge in [-0.25, -0.2) is 4.79 Å². The number of amides is 2. The fraction of sp³-hybridized carbons (Fsp3) is 0.900. The molecule has 1 fully saturated rings. The van der Waals surface area contributed by atoms with E-state index >= 15 is 0 Å². The van der Waals surface area contributed by atoms with Gasteiger partial charge in [-0.15, -0.1) is 0 Å². The van der Waals surface area contributed by atoms with E-state index in [0.717, 1.165) is 6.54 Å². The summed E-state index contributed by atoms with van der Waals surface area (Å²) in [6.45, 7) is 7.45. The van der Waals surface area contributed by atoms with E-state index in [2.05, 4.69) is 26.1 Å². The molecule has 1 saturated heterocycles. The molecule has 3 nitrogen and oxygen atoms in total. The second-order valence-electron chi connectivity index (χ2n) is 4.27. The van der Waals surface area contributed by atoms with Crippen molar-refractivity contribution in [3.63, 3.8) is 0 Å². The lowest BCUT2D eigenvalue weighted by Crippen LogP contribution is -2.51. The van der Waals surface area contributed by atoms with Gasteiger partial charge in [-0.2, -0.15) is 0 Å². The molecule has 3 heteroatoms. The van der Waals surface area contributed by atoms with Crippen LogP contribution in [0.5, 0.6) is 0 Å². The predicted molar refractivity (Wildman–Crippen MR) is 53.6 cm³/mol. The molecule has 13 heavy (non-hydrogen) atoms. The summed E-state index contributed by atoms with van der Waals surface area (Å²) in [5.41, 5.74) is 0. The molecule has 0 aromatic carbocycles. The van der Waals surface area contributed by atoms with Crippen molar-refractivity contribution in [3.8, 4) is 0 Å². The van der Waals surface area contributed by atoms with Gasteiger partial charge in [0.1, 0.15) is 0 Å². The Hall–Kier alpha value is -0.730. The van der Waals surface area contributed by atoms with Crippen molar-refractivity contribution in [2.24, 2.45) is 11.8 Å². The van der Waals surface area contributed by atoms with Gasteiger partial charge in [-0.3, -0.25) is 0 Å². The van der Waals surface area contributed by atoms with Crippen LogP contribution in [-0.2, 0) is 0 Å². The second-order valence-corrected chi connectivity index (χ2v) is 4.27. The molecule has 0 spiro atoms. The average Bonchev–Trinajstić information content (AvgIpc) is 2.10. The minimum Gasteiger partial charge on any atom is -0.341 e. The van der Waals surface area contributed by atoms with Crippen LogP contribution >= 0.6 is 0 Å². The first-order valence-corrected chi connectivity index (χ1v) is 5.04. The SMILES string of the molecule is CNC(=O)N1CC(C)CC(C)C1C. The van der Waals surface area contributed by atoms with Crippen LogP contribution < -0.4 is 5.32 Å². The summed E-state index contributed by atoms with van der Waals surface area (Å²) in [6, 6.07) is 0.432. The minimum atomic E-state index is 0.0610. The Kier molecular flexibility index (Phi) is 3.17. The summed E-state index contributed by atoms with van der Waals surface area (Å²) in [7, 11) is 1.69. The van der Waals surface area contributed by atoms with Crippen molar-refractivity contribution in [2.45, 2.75) is 33.2 Å². The minimum absolute atomic E-state index is 0.0610. The molecule has 1 N–H and O–H groups in total. The number of nitrogens with one attached hydrogen (secondary N) is 1. The van der Waals surface area contributed by atoms with Crippen molar-refractivity contribution < 1.29 is 4.79 Å². The molecule has 3 unspecified atom stereocenters. The number of piperidine rings is 1. The van der Waals surface area contributed by atoms with Crippen molar-refractivity contribution in [3.05, 3.63) is 0 Å². The zero-order valence-corrected chi connectivity index (χ0v) is 9.00. The molecule has 0 aliphatic carbocycles. The van der Waals surface area contributed by atoms with Gasteiger partial charge in [-0.05, 0) is 25.2 Å². The fourth-order valence-corrected chi connectivity index (χ4v) is 2.13. The third-order valence-corrected chi connectivity index (χ3v) is 3.07. The third kappa shape index (κ3) is 2.14. The summed E-state index contributed by atoms with van der Waals surface area (Å²) in [5.74, 6) is 1.24. The fourth-order valence-electron chi connectivity index (χ4n) is 2.13. The highest BCUT2D eigenvalue weighted by Crippen LogP contribution is 2.26. The molecule has 0 aromatic rings. The van der Waals surface area contributed by atoms with E-state index in [-0.39, 0.29) is 6.03 Å². The van der Waals surface area contributed by atoms with Gasteiger partial charge in [0, 0.05) is 19.6 Å². The van der Waals surface area contributed by atoms with Crippen LogP contribution in [-0.4, -0.2) is 30.6 Å². The molecule has 0 bridgehead atoms. The topological polar surface area (TPSA) is 32.3 Å². The Morgan fingerprint density at radius 1 is 1.38 bits per heavy atom. The monoisotopic (exact) mass is 184 g/mol. The Morgan fingerprint density at radius 3 is 2.54 bits per heavy atom. The van der Waals surface area contributed by atoms with E-state index < -0.39 is 0 Å². The van der Waals surface area contributed by atoms with Gasteiger partial charge in [0.05, 0.1) is 0 Å². The third-order valence-electron chi connectivity index (χ3n) is 3.07. The molecule has 1 heterocycles. The Morgan fingerprint density at radius 2 is 2.00 bits per heavy atom. The van der Waals surface area contributed by atoms with Crippen molar-refractivity contribution >= 4 is 6.03 Å². The summed E-state index contributed by atoms with van der Waals surface area (Å²) in [5, 5.41) is 2.69. The smallest absolute Gasteiger partial charge is 0.317 e. The van der Waals surface area contributed by atoms with E-state index in [4.69, 9.17) is 0 Å². The Balaban J connectivity index is 2.66. The molecule has 0 aromatic heterocycles. The van der Waals surface area contributed by atoms with E-state index in [1.807, 2.05) is 4.90 Å². The molecule has 2 amide bonds. The molecule has 1 rings (SSSR count). The van der Waals surface area contributed by atoms with Gasteiger partial charge in [0.15, 0.2) is 0 Å². The molecule has 1 aliphatic heterocycles. The number of carbonyl (C=O) groups excluding carboxylic acids is 1. The van der Waals surface area contributed by atoms with Crippen molar-refractivity contribution in [1.82, 2.24) is 10.2 Å². The van der Waals surface area contributed by atoms with Crippen molar-refractivity contribution in [1.29, 1.82) is 0 Å². The highest BCUT2D eigenvalue weighted by molar-refractivity contribution is 5.74. The molecule has 0 saturated carbocycles. The average molecular weight is 184 g/mol. The maximum absolute atomic E-state index is 11.5. The van der Waals surface area contributed by atoms with E-state index in [1.54, 1.807) is 7.05 Å². The molecular formula is C10H20N2O. The van der Waals surface area contributed by atoms with E-state index in [0.29, 0.717) is 17.9 Å². The number of likely N-dealkylation sites (tertiary alicyclic amines) is 1. The maximum Gasteiger partial charge on any atom is 0.317 e. The zero-order chi connectivity index (χ0) is 10.0. The van der Waals surface area contributed by atoms with Gasteiger partial charge in [-0.1, -0.05) is 13.8 Å². The van der Waals surface area contributed by atoms with Crippen LogP contribution in [0.3, 0.4) is 0 Å². The summed E-state index contributed by atoms with van der Waals surface area (Å²) >= 11 is 0. The number of carbonyl (C=O) groups is 1. The van der Waals surface area contributed by atoms with E-state index in [1.165, 1.54) is 6.42 Å². The summed E-state index contributed by atoms with van der Waals surface area (Å²) in [6.07, 6.45) is 1.23.